The zero-order valence-corrected chi connectivity index (χ0v) is 11.1. The van der Waals surface area contributed by atoms with Gasteiger partial charge in [-0.1, -0.05) is 6.07 Å². The van der Waals surface area contributed by atoms with Crippen LogP contribution in [0.25, 0.3) is 0 Å². The Labute approximate surface area is 115 Å². The second kappa shape index (κ2) is 5.61. The number of nitrogens with two attached hydrogens (primary N) is 1. The van der Waals surface area contributed by atoms with Gasteiger partial charge < -0.3 is 15.5 Å². The van der Waals surface area contributed by atoms with Crippen molar-refractivity contribution in [3.63, 3.8) is 0 Å². The number of ether oxygens (including phenoxy) is 1. The lowest BCUT2D eigenvalue weighted by atomic mass is 10.3. The molecule has 2 rings (SSSR count). The molecule has 0 aliphatic rings. The van der Waals surface area contributed by atoms with Crippen LogP contribution in [0.1, 0.15) is 0 Å². The van der Waals surface area contributed by atoms with Crippen LogP contribution in [0.4, 0.5) is 5.69 Å². The van der Waals surface area contributed by atoms with Crippen molar-refractivity contribution >= 4 is 21.5 Å². The summed E-state index contributed by atoms with van der Waals surface area (Å²) < 4.78 is 31.5. The van der Waals surface area contributed by atoms with Crippen LogP contribution in [0.5, 0.6) is 5.75 Å². The van der Waals surface area contributed by atoms with Gasteiger partial charge in [-0.05, 0) is 12.1 Å². The van der Waals surface area contributed by atoms with Crippen molar-refractivity contribution < 1.29 is 13.2 Å². The van der Waals surface area contributed by atoms with E-state index >= 15 is 0 Å². The summed E-state index contributed by atoms with van der Waals surface area (Å²) in [5.74, 6) is 0.290. The number of hydrogen-bond donors (Lipinski definition) is 4. The molecule has 0 atom stereocenters. The predicted molar refractivity (Wildman–Crippen MR) is 73.2 cm³/mol. The highest BCUT2D eigenvalue weighted by molar-refractivity contribution is 7.92. The number of hydrogen-bond acceptors (Lipinski definition) is 5. The third-order valence-electron chi connectivity index (χ3n) is 2.24. The van der Waals surface area contributed by atoms with Gasteiger partial charge in [-0.15, -0.1) is 0 Å². The molecule has 9 heteroatoms. The number of sulfonamides is 1. The molecular formula is C11H13N5O3S. The first kappa shape index (κ1) is 13.9. The topological polar surface area (TPSA) is 134 Å². The Morgan fingerprint density at radius 2 is 2.30 bits per heavy atom. The summed E-state index contributed by atoms with van der Waals surface area (Å²) in [5, 5.41) is 7.03. The van der Waals surface area contributed by atoms with Crippen LogP contribution in [0.3, 0.4) is 0 Å². The molecule has 1 aromatic carbocycles. The molecule has 0 aliphatic carbocycles. The van der Waals surface area contributed by atoms with Crippen LogP contribution in [0.2, 0.25) is 0 Å². The summed E-state index contributed by atoms with van der Waals surface area (Å²) in [5.41, 5.74) is 5.51. The molecule has 0 aliphatic heterocycles. The second-order valence-electron chi connectivity index (χ2n) is 3.86. The van der Waals surface area contributed by atoms with E-state index in [-0.39, 0.29) is 17.5 Å². The van der Waals surface area contributed by atoms with Crippen molar-refractivity contribution in [1.29, 1.82) is 5.41 Å². The Kier molecular flexibility index (Phi) is 3.89. The number of rotatable bonds is 6. The molecule has 0 spiro atoms. The Bertz CT molecular complexity index is 697. The third-order valence-corrected chi connectivity index (χ3v) is 3.55. The molecule has 8 nitrogen and oxygen atoms in total. The minimum Gasteiger partial charge on any atom is -0.486 e. The monoisotopic (exact) mass is 295 g/mol. The Hall–Kier alpha value is -2.55. The van der Waals surface area contributed by atoms with Crippen LogP contribution < -0.4 is 15.2 Å². The van der Waals surface area contributed by atoms with Gasteiger partial charge in [0.15, 0.2) is 5.03 Å². The fraction of sp³-hybridized carbons (Fsp3) is 0.0909. The fourth-order valence-electron chi connectivity index (χ4n) is 1.41. The summed E-state index contributed by atoms with van der Waals surface area (Å²) in [7, 11) is -3.71. The number of H-pyrrole nitrogens is 1. The lowest BCUT2D eigenvalue weighted by Gasteiger charge is -2.09. The molecule has 0 bridgehead atoms. The van der Waals surface area contributed by atoms with Crippen LogP contribution in [-0.4, -0.2) is 30.8 Å². The van der Waals surface area contributed by atoms with E-state index in [4.69, 9.17) is 15.9 Å². The average Bonchev–Trinajstić information content (AvgIpc) is 2.91. The Balaban J connectivity index is 2.14. The number of nitrogens with one attached hydrogen (secondary N) is 3. The molecule has 0 amide bonds. The molecule has 1 heterocycles. The van der Waals surface area contributed by atoms with Crippen LogP contribution >= 0.6 is 0 Å². The van der Waals surface area contributed by atoms with Crippen molar-refractivity contribution in [2.75, 3.05) is 11.3 Å². The van der Waals surface area contributed by atoms with Gasteiger partial charge in [-0.25, -0.2) is 4.98 Å². The smallest absolute Gasteiger partial charge is 0.278 e. The van der Waals surface area contributed by atoms with Gasteiger partial charge in [0, 0.05) is 6.07 Å². The molecule has 106 valence electrons. The summed E-state index contributed by atoms with van der Waals surface area (Å²) in [6.45, 7) is -0.0588. The largest absolute Gasteiger partial charge is 0.486 e. The van der Waals surface area contributed by atoms with Gasteiger partial charge in [-0.3, -0.25) is 10.1 Å². The summed E-state index contributed by atoms with van der Waals surface area (Å²) in [6, 6.07) is 6.34. The first-order valence-electron chi connectivity index (χ1n) is 5.54. The minimum absolute atomic E-state index is 0.0347. The Morgan fingerprint density at radius 3 is 2.95 bits per heavy atom. The summed E-state index contributed by atoms with van der Waals surface area (Å²) in [6.07, 6.45) is 2.49. The molecule has 0 unspecified atom stereocenters. The number of benzene rings is 1. The van der Waals surface area contributed by atoms with Crippen molar-refractivity contribution in [3.8, 4) is 5.75 Å². The molecule has 5 N–H and O–H groups in total. The number of imidazole rings is 1. The maximum Gasteiger partial charge on any atom is 0.278 e. The molecule has 0 fully saturated rings. The Morgan fingerprint density at radius 1 is 1.50 bits per heavy atom. The van der Waals surface area contributed by atoms with Gasteiger partial charge in [0.2, 0.25) is 0 Å². The van der Waals surface area contributed by atoms with E-state index in [1.54, 1.807) is 18.2 Å². The zero-order chi connectivity index (χ0) is 14.6. The van der Waals surface area contributed by atoms with E-state index in [0.717, 1.165) is 0 Å². The fourth-order valence-corrected chi connectivity index (χ4v) is 2.37. The molecule has 1 aromatic heterocycles. The molecule has 2 aromatic rings. The van der Waals surface area contributed by atoms with E-state index in [0.29, 0.717) is 11.4 Å². The summed E-state index contributed by atoms with van der Waals surface area (Å²) in [4.78, 5) is 6.17. The zero-order valence-electron chi connectivity index (χ0n) is 10.3. The standard InChI is InChI=1S/C11H13N5O3S/c12-10(13)6-19-9-3-1-2-8(4-9)16-20(17,18)11-5-14-7-15-11/h1-5,7,16H,6H2,(H3,12,13)(H,14,15). The number of nitrogens with zero attached hydrogens (tertiary/aromatic N) is 1. The van der Waals surface area contributed by atoms with Crippen LogP contribution in [0.15, 0.2) is 41.8 Å². The number of anilines is 1. The molecule has 0 radical (unpaired) electrons. The molecule has 0 saturated heterocycles. The van der Waals surface area contributed by atoms with Gasteiger partial charge in [0.1, 0.15) is 18.2 Å². The lowest BCUT2D eigenvalue weighted by Crippen LogP contribution is -2.19. The SMILES string of the molecule is N=C(N)COc1cccc(NS(=O)(=O)c2cnc[nH]2)c1. The number of aromatic nitrogens is 2. The second-order valence-corrected chi connectivity index (χ2v) is 5.51. The highest BCUT2D eigenvalue weighted by atomic mass is 32.2. The maximum absolute atomic E-state index is 12.0. The van der Waals surface area contributed by atoms with E-state index in [1.165, 1.54) is 18.6 Å². The number of amidine groups is 1. The number of aromatic amines is 1. The molecule has 0 saturated carbocycles. The van der Waals surface area contributed by atoms with Crippen molar-refractivity contribution in [3.05, 3.63) is 36.8 Å². The van der Waals surface area contributed by atoms with Crippen molar-refractivity contribution in [2.24, 2.45) is 5.73 Å². The van der Waals surface area contributed by atoms with Crippen molar-refractivity contribution in [1.82, 2.24) is 9.97 Å². The first-order valence-corrected chi connectivity index (χ1v) is 7.02. The van der Waals surface area contributed by atoms with E-state index < -0.39 is 10.0 Å². The summed E-state index contributed by atoms with van der Waals surface area (Å²) >= 11 is 0. The van der Waals surface area contributed by atoms with Gasteiger partial charge in [0.05, 0.1) is 18.2 Å². The lowest BCUT2D eigenvalue weighted by molar-refractivity contribution is 0.374. The van der Waals surface area contributed by atoms with E-state index in [9.17, 15) is 8.42 Å². The van der Waals surface area contributed by atoms with E-state index in [2.05, 4.69) is 14.7 Å². The highest BCUT2D eigenvalue weighted by Crippen LogP contribution is 2.19. The third kappa shape index (κ3) is 3.48. The van der Waals surface area contributed by atoms with Crippen molar-refractivity contribution in [2.45, 2.75) is 5.03 Å². The predicted octanol–water partition coefficient (Wildman–Crippen LogP) is 0.525. The molecular weight excluding hydrogens is 282 g/mol. The minimum atomic E-state index is -3.71. The van der Waals surface area contributed by atoms with Gasteiger partial charge >= 0.3 is 0 Å². The average molecular weight is 295 g/mol. The first-order chi connectivity index (χ1) is 9.47. The van der Waals surface area contributed by atoms with Gasteiger partial charge in [-0.2, -0.15) is 8.42 Å². The highest BCUT2D eigenvalue weighted by Gasteiger charge is 2.15. The van der Waals surface area contributed by atoms with Crippen LogP contribution in [0, 0.1) is 5.41 Å². The normalized spacial score (nSPS) is 11.0. The van der Waals surface area contributed by atoms with E-state index in [1.807, 2.05) is 0 Å². The van der Waals surface area contributed by atoms with Crippen LogP contribution in [-0.2, 0) is 10.0 Å². The quantitative estimate of drug-likeness (QED) is 0.455. The molecule has 20 heavy (non-hydrogen) atoms. The maximum atomic E-state index is 12.0. The van der Waals surface area contributed by atoms with Gasteiger partial charge in [0.25, 0.3) is 10.0 Å².